The summed E-state index contributed by atoms with van der Waals surface area (Å²) in [5.74, 6) is -0.802. The van der Waals surface area contributed by atoms with E-state index in [0.29, 0.717) is 24.5 Å². The minimum atomic E-state index is -0.496. The van der Waals surface area contributed by atoms with E-state index in [1.807, 2.05) is 49.4 Å². The second-order valence-corrected chi connectivity index (χ2v) is 7.70. The van der Waals surface area contributed by atoms with Gasteiger partial charge in [-0.3, -0.25) is 4.79 Å². The molecule has 0 spiro atoms. The van der Waals surface area contributed by atoms with Gasteiger partial charge in [0.25, 0.3) is 0 Å². The zero-order chi connectivity index (χ0) is 22.5. The second kappa shape index (κ2) is 9.66. The molecule has 0 bridgehead atoms. The van der Waals surface area contributed by atoms with Crippen LogP contribution in [0.15, 0.2) is 66.7 Å². The van der Waals surface area contributed by atoms with Crippen LogP contribution in [-0.2, 0) is 14.3 Å². The Morgan fingerprint density at radius 2 is 1.75 bits per heavy atom. The maximum Gasteiger partial charge on any atom is 0.339 e. The Labute approximate surface area is 187 Å². The largest absolute Gasteiger partial charge is 0.465 e. The van der Waals surface area contributed by atoms with Gasteiger partial charge in [-0.2, -0.15) is 0 Å². The average Bonchev–Trinajstić information content (AvgIpc) is 2.83. The van der Waals surface area contributed by atoms with Crippen molar-refractivity contribution in [3.05, 3.63) is 77.9 Å². The summed E-state index contributed by atoms with van der Waals surface area (Å²) in [5, 5.41) is 5.13. The molecule has 1 heterocycles. The minimum Gasteiger partial charge on any atom is -0.465 e. The lowest BCUT2D eigenvalue weighted by Gasteiger charge is -2.29. The number of carbonyl (C=O) groups is 2. The van der Waals surface area contributed by atoms with Gasteiger partial charge in [-0.25, -0.2) is 4.79 Å². The molecule has 164 valence electrons. The number of ether oxygens (including phenoxy) is 2. The molecule has 1 N–H and O–H groups in total. The summed E-state index contributed by atoms with van der Waals surface area (Å²) >= 11 is 0. The van der Waals surface area contributed by atoms with E-state index in [0.717, 1.165) is 40.7 Å². The summed E-state index contributed by atoms with van der Waals surface area (Å²) in [6.45, 7) is 4.70. The van der Waals surface area contributed by atoms with Crippen LogP contribution in [0.1, 0.15) is 22.8 Å². The first-order valence-electron chi connectivity index (χ1n) is 10.6. The first-order chi connectivity index (χ1) is 15.5. The fourth-order valence-electron chi connectivity index (χ4n) is 3.83. The lowest BCUT2D eigenvalue weighted by Crippen LogP contribution is -2.36. The topological polar surface area (TPSA) is 67.9 Å². The number of hydrogen-bond donors (Lipinski definition) is 1. The number of fused-ring (bicyclic) bond motifs is 1. The number of anilines is 2. The zero-order valence-electron chi connectivity index (χ0n) is 18.3. The molecule has 0 aromatic heterocycles. The lowest BCUT2D eigenvalue weighted by atomic mass is 10.0. The highest BCUT2D eigenvalue weighted by atomic mass is 16.5. The van der Waals surface area contributed by atoms with Crippen LogP contribution in [0.4, 0.5) is 11.4 Å². The van der Waals surface area contributed by atoms with Crippen molar-refractivity contribution in [1.82, 2.24) is 0 Å². The van der Waals surface area contributed by atoms with Gasteiger partial charge in [-0.1, -0.05) is 36.4 Å². The molecule has 6 nitrogen and oxygen atoms in total. The number of nitrogens with zero attached hydrogens (tertiary/aromatic N) is 1. The highest BCUT2D eigenvalue weighted by molar-refractivity contribution is 6.08. The Bertz CT molecular complexity index is 1180. The molecule has 32 heavy (non-hydrogen) atoms. The average molecular weight is 431 g/mol. The summed E-state index contributed by atoms with van der Waals surface area (Å²) < 4.78 is 10.3. The number of carbonyl (C=O) groups excluding carboxylic acids is 2. The van der Waals surface area contributed by atoms with Crippen molar-refractivity contribution in [2.24, 2.45) is 0 Å². The molecule has 1 amide bonds. The molecule has 1 saturated heterocycles. The molecule has 1 aliphatic rings. The number of allylic oxidation sites excluding steroid dienone is 1. The van der Waals surface area contributed by atoms with Crippen molar-refractivity contribution in [2.75, 3.05) is 43.6 Å². The summed E-state index contributed by atoms with van der Waals surface area (Å²) in [6.07, 6.45) is 1.55. The number of methoxy groups -OCH3 is 1. The first-order valence-corrected chi connectivity index (χ1v) is 10.6. The third-order valence-corrected chi connectivity index (χ3v) is 5.59. The molecular formula is C26H26N2O4. The van der Waals surface area contributed by atoms with E-state index in [-0.39, 0.29) is 5.91 Å². The van der Waals surface area contributed by atoms with Crippen LogP contribution in [0.5, 0.6) is 0 Å². The SMILES string of the molecule is COC(=O)c1ccc(N2CCOCC2)cc1NC(=O)C=C(C)c1ccc2ccccc2c1. The fourth-order valence-corrected chi connectivity index (χ4v) is 3.83. The van der Waals surface area contributed by atoms with Crippen LogP contribution in [0.3, 0.4) is 0 Å². The molecule has 6 heteroatoms. The summed E-state index contributed by atoms with van der Waals surface area (Å²) in [5.41, 5.74) is 3.46. The lowest BCUT2D eigenvalue weighted by molar-refractivity contribution is -0.111. The van der Waals surface area contributed by atoms with Gasteiger partial charge >= 0.3 is 5.97 Å². The summed E-state index contributed by atoms with van der Waals surface area (Å²) in [4.78, 5) is 27.2. The minimum absolute atomic E-state index is 0.306. The van der Waals surface area contributed by atoms with Gasteiger partial charge in [-0.05, 0) is 53.1 Å². The normalized spacial score (nSPS) is 14.3. The zero-order valence-corrected chi connectivity index (χ0v) is 18.3. The van der Waals surface area contributed by atoms with Gasteiger partial charge in [-0.15, -0.1) is 0 Å². The van der Waals surface area contributed by atoms with Crippen LogP contribution in [0, 0.1) is 0 Å². The number of esters is 1. The van der Waals surface area contributed by atoms with Gasteiger partial charge in [0.1, 0.15) is 0 Å². The molecular weight excluding hydrogens is 404 g/mol. The monoisotopic (exact) mass is 430 g/mol. The van der Waals surface area contributed by atoms with E-state index in [1.165, 1.54) is 7.11 Å². The van der Waals surface area contributed by atoms with Crippen molar-refractivity contribution in [3.8, 4) is 0 Å². The van der Waals surface area contributed by atoms with E-state index < -0.39 is 5.97 Å². The van der Waals surface area contributed by atoms with E-state index in [2.05, 4.69) is 22.3 Å². The van der Waals surface area contributed by atoms with Crippen molar-refractivity contribution < 1.29 is 19.1 Å². The Kier molecular flexibility index (Phi) is 6.52. The molecule has 1 aliphatic heterocycles. The number of rotatable bonds is 5. The Morgan fingerprint density at radius 1 is 1.00 bits per heavy atom. The quantitative estimate of drug-likeness (QED) is 0.477. The van der Waals surface area contributed by atoms with Crippen molar-refractivity contribution in [2.45, 2.75) is 6.92 Å². The Hall–Kier alpha value is -3.64. The number of amides is 1. The highest BCUT2D eigenvalue weighted by Gasteiger charge is 2.18. The van der Waals surface area contributed by atoms with Crippen LogP contribution < -0.4 is 10.2 Å². The smallest absolute Gasteiger partial charge is 0.339 e. The van der Waals surface area contributed by atoms with Crippen LogP contribution in [0.2, 0.25) is 0 Å². The first kappa shape index (κ1) is 21.6. The molecule has 3 aromatic carbocycles. The number of nitrogens with one attached hydrogen (secondary N) is 1. The fraction of sp³-hybridized carbons (Fsp3) is 0.231. The molecule has 3 aromatic rings. The summed E-state index contributed by atoms with van der Waals surface area (Å²) in [7, 11) is 1.33. The third-order valence-electron chi connectivity index (χ3n) is 5.59. The van der Waals surface area contributed by atoms with E-state index >= 15 is 0 Å². The van der Waals surface area contributed by atoms with E-state index in [4.69, 9.17) is 9.47 Å². The molecule has 0 saturated carbocycles. The number of morpholine rings is 1. The molecule has 0 radical (unpaired) electrons. The number of benzene rings is 3. The maximum absolute atomic E-state index is 12.8. The van der Waals surface area contributed by atoms with Gasteiger partial charge in [0.15, 0.2) is 0 Å². The Morgan fingerprint density at radius 3 is 2.50 bits per heavy atom. The Balaban J connectivity index is 1.59. The van der Waals surface area contributed by atoms with E-state index in [9.17, 15) is 9.59 Å². The van der Waals surface area contributed by atoms with Gasteiger partial charge in [0.2, 0.25) is 5.91 Å². The number of hydrogen-bond acceptors (Lipinski definition) is 5. The molecule has 4 rings (SSSR count). The third kappa shape index (κ3) is 4.81. The van der Waals surface area contributed by atoms with Crippen molar-refractivity contribution >= 4 is 39.6 Å². The molecule has 0 unspecified atom stereocenters. The summed E-state index contributed by atoms with van der Waals surface area (Å²) in [6, 6.07) is 19.6. The molecule has 0 atom stereocenters. The maximum atomic E-state index is 12.8. The van der Waals surface area contributed by atoms with E-state index in [1.54, 1.807) is 12.1 Å². The van der Waals surface area contributed by atoms with Crippen molar-refractivity contribution in [1.29, 1.82) is 0 Å². The highest BCUT2D eigenvalue weighted by Crippen LogP contribution is 2.26. The van der Waals surface area contributed by atoms with Crippen LogP contribution in [-0.4, -0.2) is 45.3 Å². The van der Waals surface area contributed by atoms with Crippen LogP contribution in [0.25, 0.3) is 16.3 Å². The van der Waals surface area contributed by atoms with Gasteiger partial charge in [0, 0.05) is 24.9 Å². The molecule has 0 aliphatic carbocycles. The van der Waals surface area contributed by atoms with Crippen molar-refractivity contribution in [3.63, 3.8) is 0 Å². The predicted molar refractivity (Wildman–Crippen MR) is 127 cm³/mol. The second-order valence-electron chi connectivity index (χ2n) is 7.70. The van der Waals surface area contributed by atoms with Crippen LogP contribution >= 0.6 is 0 Å². The van der Waals surface area contributed by atoms with Gasteiger partial charge in [0.05, 0.1) is 31.6 Å². The van der Waals surface area contributed by atoms with Gasteiger partial charge < -0.3 is 19.7 Å². The molecule has 1 fully saturated rings. The predicted octanol–water partition coefficient (Wildman–Crippen LogP) is 4.51. The standard InChI is InChI=1S/C26H26N2O4/c1-18(20-8-7-19-5-3-4-6-21(19)16-20)15-25(29)27-24-17-22(28-11-13-32-14-12-28)9-10-23(24)26(30)31-2/h3-10,15-17H,11-14H2,1-2H3,(H,27,29).